The van der Waals surface area contributed by atoms with Gasteiger partial charge in [0.2, 0.25) is 5.91 Å². The average Bonchev–Trinajstić information content (AvgIpc) is 3.19. The number of fused-ring (bicyclic) bond motifs is 2. The van der Waals surface area contributed by atoms with E-state index in [1.54, 1.807) is 13.3 Å². The van der Waals surface area contributed by atoms with Crippen LogP contribution in [0.1, 0.15) is 43.2 Å². The van der Waals surface area contributed by atoms with Gasteiger partial charge >= 0.3 is 0 Å². The smallest absolute Gasteiger partial charge is 0.259 e. The molecule has 3 N–H and O–H groups in total. The lowest BCUT2D eigenvalue weighted by Gasteiger charge is -2.20. The number of ether oxygens (including phenoxy) is 1. The van der Waals surface area contributed by atoms with Crippen molar-refractivity contribution in [1.29, 1.82) is 0 Å². The van der Waals surface area contributed by atoms with Crippen molar-refractivity contribution >= 4 is 34.7 Å². The third-order valence-corrected chi connectivity index (χ3v) is 6.50. The molecular formula is C26H35N7O3. The molecule has 0 unspecified atom stereocenters. The molecule has 0 radical (unpaired) electrons. The van der Waals surface area contributed by atoms with E-state index in [9.17, 15) is 9.59 Å². The molecule has 3 heterocycles. The third kappa shape index (κ3) is 6.12. The molecule has 1 aromatic heterocycles. The van der Waals surface area contributed by atoms with Gasteiger partial charge in [-0.1, -0.05) is 12.8 Å². The molecule has 1 aromatic carbocycles. The first-order valence-electron chi connectivity index (χ1n) is 12.4. The minimum absolute atomic E-state index is 0.0623. The Hall–Kier alpha value is -3.66. The molecule has 36 heavy (non-hydrogen) atoms. The quantitative estimate of drug-likeness (QED) is 0.556. The Balaban J connectivity index is 1.64. The van der Waals surface area contributed by atoms with Gasteiger partial charge in [-0.2, -0.15) is 0 Å². The normalized spacial score (nSPS) is 19.6. The Morgan fingerprint density at radius 2 is 1.86 bits per heavy atom. The topological polar surface area (TPSA) is 112 Å². The van der Waals surface area contributed by atoms with Crippen molar-refractivity contribution in [1.82, 2.24) is 20.2 Å². The number of amides is 2. The van der Waals surface area contributed by atoms with Gasteiger partial charge in [0.05, 0.1) is 18.2 Å². The van der Waals surface area contributed by atoms with Crippen LogP contribution in [0.3, 0.4) is 0 Å². The molecule has 0 fully saturated rings. The van der Waals surface area contributed by atoms with Crippen LogP contribution in [0.2, 0.25) is 0 Å². The number of aromatic nitrogens is 2. The summed E-state index contributed by atoms with van der Waals surface area (Å²) in [6.45, 7) is 2.75. The second-order valence-corrected chi connectivity index (χ2v) is 9.28. The van der Waals surface area contributed by atoms with E-state index in [0.29, 0.717) is 42.3 Å². The Morgan fingerprint density at radius 3 is 2.69 bits per heavy atom. The number of carbonyl (C=O) groups is 2. The number of likely N-dealkylation sites (N-methyl/N-ethyl adjacent to an activating group) is 1. The van der Waals surface area contributed by atoms with Crippen LogP contribution < -0.4 is 25.6 Å². The summed E-state index contributed by atoms with van der Waals surface area (Å²) in [5.41, 5.74) is 3.01. The van der Waals surface area contributed by atoms with Crippen molar-refractivity contribution in [3.63, 3.8) is 0 Å². The van der Waals surface area contributed by atoms with Crippen molar-refractivity contribution < 1.29 is 14.3 Å². The van der Waals surface area contributed by atoms with Crippen molar-refractivity contribution in [3.8, 4) is 5.75 Å². The second-order valence-electron chi connectivity index (χ2n) is 9.28. The van der Waals surface area contributed by atoms with Gasteiger partial charge in [0.25, 0.3) is 5.91 Å². The van der Waals surface area contributed by atoms with Gasteiger partial charge in [-0.15, -0.1) is 0 Å². The van der Waals surface area contributed by atoms with Crippen molar-refractivity contribution in [2.45, 2.75) is 38.6 Å². The van der Waals surface area contributed by atoms with Crippen LogP contribution in [0.4, 0.5) is 17.3 Å². The first-order chi connectivity index (χ1) is 17.5. The molecule has 192 valence electrons. The molecule has 4 rings (SSSR count). The summed E-state index contributed by atoms with van der Waals surface area (Å²) < 4.78 is 5.59. The second kappa shape index (κ2) is 11.9. The largest absolute Gasteiger partial charge is 0.496 e. The highest BCUT2D eigenvalue weighted by molar-refractivity contribution is 6.32. The lowest BCUT2D eigenvalue weighted by molar-refractivity contribution is -0.121. The molecule has 0 aliphatic carbocycles. The summed E-state index contributed by atoms with van der Waals surface area (Å²) in [5, 5.41) is 9.10. The molecule has 10 nitrogen and oxygen atoms in total. The monoisotopic (exact) mass is 493 g/mol. The SMILES string of the molecule is COc1ccc2cc1CN(C)CCCCCCC(=O)NCCN(C)c1ncnc3c1/C(=C/N2)C(=O)N3. The number of nitrogens with one attached hydrogen (secondary N) is 3. The van der Waals surface area contributed by atoms with E-state index >= 15 is 0 Å². The maximum absolute atomic E-state index is 12.8. The molecule has 0 spiro atoms. The lowest BCUT2D eigenvalue weighted by Crippen LogP contribution is -2.33. The maximum atomic E-state index is 12.8. The number of benzene rings is 1. The van der Waals surface area contributed by atoms with Gasteiger partial charge in [0.15, 0.2) is 0 Å². The average molecular weight is 494 g/mol. The van der Waals surface area contributed by atoms with E-state index in [2.05, 4.69) is 43.9 Å². The summed E-state index contributed by atoms with van der Waals surface area (Å²) in [7, 11) is 5.67. The molecule has 0 saturated heterocycles. The van der Waals surface area contributed by atoms with Gasteiger partial charge in [-0.3, -0.25) is 9.59 Å². The lowest BCUT2D eigenvalue weighted by atomic mass is 10.1. The Kier molecular flexibility index (Phi) is 8.37. The first-order valence-corrected chi connectivity index (χ1v) is 12.4. The Labute approximate surface area is 212 Å². The van der Waals surface area contributed by atoms with Crippen molar-refractivity contribution in [2.24, 2.45) is 0 Å². The molecule has 0 saturated carbocycles. The predicted molar refractivity (Wildman–Crippen MR) is 141 cm³/mol. The highest BCUT2D eigenvalue weighted by Gasteiger charge is 2.30. The predicted octanol–water partition coefficient (Wildman–Crippen LogP) is 2.84. The minimum atomic E-state index is -0.243. The van der Waals surface area contributed by atoms with Crippen LogP contribution in [0, 0.1) is 0 Å². The fraction of sp³-hybridized carbons (Fsp3) is 0.462. The molecular weight excluding hydrogens is 458 g/mol. The van der Waals surface area contributed by atoms with Crippen LogP contribution in [-0.2, 0) is 16.1 Å². The highest BCUT2D eigenvalue weighted by atomic mass is 16.5. The van der Waals surface area contributed by atoms with Gasteiger partial charge in [0.1, 0.15) is 23.7 Å². The Bertz CT molecular complexity index is 1130. The van der Waals surface area contributed by atoms with Gasteiger partial charge < -0.3 is 30.5 Å². The van der Waals surface area contributed by atoms with E-state index in [4.69, 9.17) is 4.74 Å². The number of hydrogen-bond donors (Lipinski definition) is 3. The van der Waals surface area contributed by atoms with Crippen molar-refractivity contribution in [2.75, 3.05) is 56.4 Å². The first kappa shape index (κ1) is 25.4. The number of hydrogen-bond acceptors (Lipinski definition) is 8. The van der Waals surface area contributed by atoms with Crippen LogP contribution in [-0.4, -0.2) is 67.5 Å². The third-order valence-electron chi connectivity index (χ3n) is 6.50. The van der Waals surface area contributed by atoms with E-state index in [-0.39, 0.29) is 11.8 Å². The zero-order valence-corrected chi connectivity index (χ0v) is 21.3. The van der Waals surface area contributed by atoms with Gasteiger partial charge in [-0.25, -0.2) is 9.97 Å². The molecule has 2 bridgehead atoms. The highest BCUT2D eigenvalue weighted by Crippen LogP contribution is 2.36. The standard InChI is InChI=1S/C26H35N7O3/c1-32-12-7-5-4-6-8-22(34)27-11-13-33(2)25-23-20(26(35)31-24(23)29-17-30-25)15-28-19-9-10-21(36-3)18(14-19)16-32/h9-10,14-15,17,28H,4-8,11-13,16H2,1-3H3,(H,27,34)(H,29,30,31,35)/b20-15-. The van der Waals surface area contributed by atoms with Gasteiger partial charge in [0, 0.05) is 50.6 Å². The van der Waals surface area contributed by atoms with Crippen molar-refractivity contribution in [3.05, 3.63) is 41.9 Å². The van der Waals surface area contributed by atoms with Crippen LogP contribution in [0.5, 0.6) is 5.75 Å². The van der Waals surface area contributed by atoms with E-state index in [1.807, 2.05) is 24.1 Å². The summed E-state index contributed by atoms with van der Waals surface area (Å²) >= 11 is 0. The van der Waals surface area contributed by atoms with Crippen LogP contribution >= 0.6 is 0 Å². The Morgan fingerprint density at radius 1 is 1.03 bits per heavy atom. The number of nitrogens with zero attached hydrogens (tertiary/aromatic N) is 4. The van der Waals surface area contributed by atoms with E-state index in [1.165, 1.54) is 6.33 Å². The zero-order chi connectivity index (χ0) is 25.5. The van der Waals surface area contributed by atoms with Gasteiger partial charge in [-0.05, 0) is 44.6 Å². The summed E-state index contributed by atoms with van der Waals surface area (Å²) in [6, 6.07) is 5.92. The number of rotatable bonds is 1. The number of methoxy groups -OCH3 is 1. The zero-order valence-electron chi connectivity index (χ0n) is 21.3. The molecule has 2 amide bonds. The molecule has 10 heteroatoms. The summed E-state index contributed by atoms with van der Waals surface area (Å²) in [5.74, 6) is 1.75. The minimum Gasteiger partial charge on any atom is -0.496 e. The summed E-state index contributed by atoms with van der Waals surface area (Å²) in [4.78, 5) is 38.0. The molecule has 2 aromatic rings. The fourth-order valence-electron chi connectivity index (χ4n) is 4.53. The maximum Gasteiger partial charge on any atom is 0.259 e. The number of anilines is 3. The van der Waals surface area contributed by atoms with Crippen LogP contribution in [0.15, 0.2) is 30.7 Å². The molecule has 0 atom stereocenters. The molecule has 2 aliphatic rings. The number of carbonyl (C=O) groups excluding carboxylic acids is 2. The van der Waals surface area contributed by atoms with E-state index in [0.717, 1.165) is 55.8 Å². The van der Waals surface area contributed by atoms with E-state index < -0.39 is 0 Å². The van der Waals surface area contributed by atoms with Crippen LogP contribution in [0.25, 0.3) is 5.57 Å². The molecule has 2 aliphatic heterocycles. The fourth-order valence-corrected chi connectivity index (χ4v) is 4.53. The summed E-state index contributed by atoms with van der Waals surface area (Å²) in [6.07, 6.45) is 7.75.